The monoisotopic (exact) mass is 354 g/mol. The Morgan fingerprint density at radius 3 is 2.54 bits per heavy atom. The molecule has 1 aromatic rings. The van der Waals surface area contributed by atoms with Crippen molar-refractivity contribution in [2.24, 2.45) is 5.92 Å². The zero-order valence-electron chi connectivity index (χ0n) is 14.2. The average molecular weight is 355 g/mol. The molecule has 24 heavy (non-hydrogen) atoms. The number of ether oxygens (including phenoxy) is 1. The Kier molecular flexibility index (Phi) is 5.64. The summed E-state index contributed by atoms with van der Waals surface area (Å²) in [6.07, 6.45) is 2.74. The molecule has 2 heterocycles. The summed E-state index contributed by atoms with van der Waals surface area (Å²) in [5.74, 6) is 0.142. The summed E-state index contributed by atoms with van der Waals surface area (Å²) in [5.41, 5.74) is 5.26. The van der Waals surface area contributed by atoms with Crippen LogP contribution in [0, 0.1) is 5.92 Å². The lowest BCUT2D eigenvalue weighted by Gasteiger charge is -2.33. The number of piperidine rings is 1. The van der Waals surface area contributed by atoms with Gasteiger partial charge in [-0.2, -0.15) is 0 Å². The molecule has 0 atom stereocenters. The molecule has 2 N–H and O–H groups in total. The molecule has 0 unspecified atom stereocenters. The number of aromatic nitrogens is 2. The molecule has 1 aliphatic rings. The Balaban J connectivity index is 1.88. The lowest BCUT2D eigenvalue weighted by Crippen LogP contribution is -2.42. The molecular weight excluding hydrogens is 332 g/mol. The van der Waals surface area contributed by atoms with Crippen LogP contribution in [0.25, 0.3) is 0 Å². The molecule has 0 saturated carbocycles. The number of carbonyl (C=O) groups excluding carboxylic acids is 2. The maximum absolute atomic E-state index is 12.4. The number of nitrogens with two attached hydrogens (primary N) is 1. The van der Waals surface area contributed by atoms with Crippen LogP contribution in [0.15, 0.2) is 6.33 Å². The number of halogens is 1. The minimum atomic E-state index is -0.506. The van der Waals surface area contributed by atoms with Gasteiger partial charge in [-0.05, 0) is 39.5 Å². The highest BCUT2D eigenvalue weighted by Gasteiger charge is 2.28. The maximum atomic E-state index is 12.4. The van der Waals surface area contributed by atoms with Gasteiger partial charge in [0.05, 0.1) is 0 Å². The third-order valence-corrected chi connectivity index (χ3v) is 4.19. The molecule has 7 nitrogen and oxygen atoms in total. The average Bonchev–Trinajstić information content (AvgIpc) is 2.49. The van der Waals surface area contributed by atoms with E-state index in [0.717, 1.165) is 12.8 Å². The second-order valence-electron chi connectivity index (χ2n) is 6.96. The zero-order valence-corrected chi connectivity index (χ0v) is 15.0. The van der Waals surface area contributed by atoms with E-state index >= 15 is 0 Å². The first kappa shape index (κ1) is 18.4. The van der Waals surface area contributed by atoms with Crippen LogP contribution in [0.1, 0.15) is 50.5 Å². The van der Waals surface area contributed by atoms with Gasteiger partial charge >= 0.3 is 6.09 Å². The first-order valence-corrected chi connectivity index (χ1v) is 8.32. The summed E-state index contributed by atoms with van der Waals surface area (Å²) in [4.78, 5) is 33.8. The van der Waals surface area contributed by atoms with Gasteiger partial charge < -0.3 is 15.4 Å². The Morgan fingerprint density at radius 2 is 1.96 bits per heavy atom. The van der Waals surface area contributed by atoms with Crippen molar-refractivity contribution in [3.05, 3.63) is 17.0 Å². The highest BCUT2D eigenvalue weighted by atomic mass is 35.5. The number of Topliss-reactive ketones (excluding diaryl/α,β-unsaturated/α-hetero) is 1. The van der Waals surface area contributed by atoms with Gasteiger partial charge in [0.15, 0.2) is 5.78 Å². The summed E-state index contributed by atoms with van der Waals surface area (Å²) >= 11 is 5.99. The molecule has 0 spiro atoms. The van der Waals surface area contributed by atoms with Gasteiger partial charge in [0.2, 0.25) is 0 Å². The van der Waals surface area contributed by atoms with Gasteiger partial charge in [-0.25, -0.2) is 14.8 Å². The van der Waals surface area contributed by atoms with Crippen molar-refractivity contribution in [1.29, 1.82) is 0 Å². The van der Waals surface area contributed by atoms with Gasteiger partial charge in [0.1, 0.15) is 28.5 Å². The standard InChI is InChI=1S/C16H23ClN4O3/c1-16(2,3)24-15(23)21-6-4-10(5-7-21)8-11(22)13-12(17)14(18)20-9-19-13/h9-10H,4-8H2,1-3H3,(H2,18,19,20). The SMILES string of the molecule is CC(C)(C)OC(=O)N1CCC(CC(=O)c2ncnc(N)c2Cl)CC1. The van der Waals surface area contributed by atoms with Gasteiger partial charge in [0, 0.05) is 19.5 Å². The van der Waals surface area contributed by atoms with E-state index in [1.165, 1.54) is 6.33 Å². The summed E-state index contributed by atoms with van der Waals surface area (Å²) in [6, 6.07) is 0. The lowest BCUT2D eigenvalue weighted by molar-refractivity contribution is 0.0183. The maximum Gasteiger partial charge on any atom is 0.410 e. The van der Waals surface area contributed by atoms with E-state index in [2.05, 4.69) is 9.97 Å². The van der Waals surface area contributed by atoms with Gasteiger partial charge in [-0.3, -0.25) is 4.79 Å². The number of nitrogens with zero attached hydrogens (tertiary/aromatic N) is 3. The molecule has 0 aliphatic carbocycles. The molecule has 1 aromatic heterocycles. The van der Waals surface area contributed by atoms with E-state index in [0.29, 0.717) is 19.5 Å². The second kappa shape index (κ2) is 7.34. The zero-order chi connectivity index (χ0) is 17.9. The number of ketones is 1. The first-order valence-electron chi connectivity index (χ1n) is 7.94. The van der Waals surface area contributed by atoms with Gasteiger partial charge in [-0.1, -0.05) is 11.6 Å². The Morgan fingerprint density at radius 1 is 1.33 bits per heavy atom. The van der Waals surface area contributed by atoms with E-state index in [-0.39, 0.29) is 34.3 Å². The van der Waals surface area contributed by atoms with E-state index in [9.17, 15) is 9.59 Å². The topological polar surface area (TPSA) is 98.4 Å². The van der Waals surface area contributed by atoms with Crippen molar-refractivity contribution in [2.45, 2.75) is 45.6 Å². The predicted octanol–water partition coefficient (Wildman–Crippen LogP) is 2.93. The largest absolute Gasteiger partial charge is 0.444 e. The smallest absolute Gasteiger partial charge is 0.410 e. The molecular formula is C16H23ClN4O3. The van der Waals surface area contributed by atoms with Crippen LogP contribution in [0.2, 0.25) is 5.02 Å². The highest BCUT2D eigenvalue weighted by Crippen LogP contribution is 2.26. The molecule has 0 bridgehead atoms. The third kappa shape index (κ3) is 4.80. The number of anilines is 1. The van der Waals surface area contributed by atoms with E-state index in [1.807, 2.05) is 20.8 Å². The van der Waals surface area contributed by atoms with Crippen molar-refractivity contribution >= 4 is 29.3 Å². The molecule has 132 valence electrons. The molecule has 0 aromatic carbocycles. The van der Waals surface area contributed by atoms with Crippen molar-refractivity contribution in [3.63, 3.8) is 0 Å². The predicted molar refractivity (Wildman–Crippen MR) is 90.9 cm³/mol. The normalized spacial score (nSPS) is 16.1. The fraction of sp³-hybridized carbons (Fsp3) is 0.625. The van der Waals surface area contributed by atoms with E-state index in [4.69, 9.17) is 22.1 Å². The van der Waals surface area contributed by atoms with Crippen LogP contribution in [0.4, 0.5) is 10.6 Å². The van der Waals surface area contributed by atoms with E-state index in [1.54, 1.807) is 4.90 Å². The second-order valence-corrected chi connectivity index (χ2v) is 7.34. The Bertz CT molecular complexity index is 622. The molecule has 1 amide bonds. The fourth-order valence-corrected chi connectivity index (χ4v) is 2.79. The summed E-state index contributed by atoms with van der Waals surface area (Å²) in [5, 5.41) is 0.105. The number of nitrogen functional groups attached to an aromatic ring is 1. The minimum Gasteiger partial charge on any atom is -0.444 e. The number of carbonyl (C=O) groups is 2. The van der Waals surface area contributed by atoms with Gasteiger partial charge in [0.25, 0.3) is 0 Å². The Hall–Kier alpha value is -1.89. The third-order valence-electron chi connectivity index (χ3n) is 3.82. The minimum absolute atomic E-state index is 0.105. The number of amides is 1. The molecule has 1 aliphatic heterocycles. The quantitative estimate of drug-likeness (QED) is 0.838. The number of likely N-dealkylation sites (tertiary alicyclic amines) is 1. The van der Waals surface area contributed by atoms with Crippen molar-refractivity contribution in [3.8, 4) is 0 Å². The van der Waals surface area contributed by atoms with Crippen LogP contribution in [-0.2, 0) is 4.74 Å². The van der Waals surface area contributed by atoms with Crippen LogP contribution in [-0.4, -0.2) is 45.4 Å². The fourth-order valence-electron chi connectivity index (χ4n) is 2.58. The lowest BCUT2D eigenvalue weighted by atomic mass is 9.91. The van der Waals surface area contributed by atoms with Gasteiger partial charge in [-0.15, -0.1) is 0 Å². The van der Waals surface area contributed by atoms with Crippen molar-refractivity contribution in [1.82, 2.24) is 14.9 Å². The van der Waals surface area contributed by atoms with Crippen LogP contribution >= 0.6 is 11.6 Å². The number of rotatable bonds is 3. The van der Waals surface area contributed by atoms with Crippen LogP contribution in [0.3, 0.4) is 0 Å². The molecule has 1 saturated heterocycles. The highest BCUT2D eigenvalue weighted by molar-refractivity contribution is 6.35. The van der Waals surface area contributed by atoms with Crippen molar-refractivity contribution < 1.29 is 14.3 Å². The number of hydrogen-bond acceptors (Lipinski definition) is 6. The van der Waals surface area contributed by atoms with Crippen LogP contribution in [0.5, 0.6) is 0 Å². The first-order chi connectivity index (χ1) is 11.2. The molecule has 0 radical (unpaired) electrons. The molecule has 2 rings (SSSR count). The van der Waals surface area contributed by atoms with E-state index < -0.39 is 5.60 Å². The van der Waals surface area contributed by atoms with Crippen LogP contribution < -0.4 is 5.73 Å². The summed E-state index contributed by atoms with van der Waals surface area (Å²) in [6.45, 7) is 6.67. The van der Waals surface area contributed by atoms with Crippen molar-refractivity contribution in [2.75, 3.05) is 18.8 Å². The Labute approximate surface area is 146 Å². The summed E-state index contributed by atoms with van der Waals surface area (Å²) < 4.78 is 5.36. The summed E-state index contributed by atoms with van der Waals surface area (Å²) in [7, 11) is 0. The molecule has 8 heteroatoms. The molecule has 1 fully saturated rings. The number of hydrogen-bond donors (Lipinski definition) is 1.